The van der Waals surface area contributed by atoms with Crippen molar-refractivity contribution >= 4 is 5.95 Å². The molecule has 0 aliphatic rings. The summed E-state index contributed by atoms with van der Waals surface area (Å²) in [7, 11) is 1.67. The lowest BCUT2D eigenvalue weighted by Gasteiger charge is -2.09. The van der Waals surface area contributed by atoms with Crippen molar-refractivity contribution < 1.29 is 4.74 Å². The van der Waals surface area contributed by atoms with Gasteiger partial charge in [-0.2, -0.15) is 0 Å². The van der Waals surface area contributed by atoms with E-state index in [1.54, 1.807) is 7.11 Å². The Balaban J connectivity index is 2.16. The number of ether oxygens (including phenoxy) is 1. The first-order valence-corrected chi connectivity index (χ1v) is 7.54. The lowest BCUT2D eigenvalue weighted by Crippen LogP contribution is -2.14. The zero-order chi connectivity index (χ0) is 15.9. The average molecular weight is 301 g/mol. The summed E-state index contributed by atoms with van der Waals surface area (Å²) in [4.78, 5) is 19.0. The van der Waals surface area contributed by atoms with Crippen LogP contribution in [-0.4, -0.2) is 30.2 Å². The van der Waals surface area contributed by atoms with Gasteiger partial charge in [0.25, 0.3) is 5.56 Å². The molecular formula is C17H23N3O2. The standard InChI is InChI=1S/C17H23N3O2/c1-12(2)13-5-7-14(8-6-13)15-11-16(21)20-17(19-15)18-9-4-10-22-3/h5-8,11-12H,4,9-10H2,1-3H3,(H2,18,19,20,21). The van der Waals surface area contributed by atoms with Crippen molar-refractivity contribution in [1.82, 2.24) is 9.97 Å². The summed E-state index contributed by atoms with van der Waals surface area (Å²) in [5.74, 6) is 0.978. The van der Waals surface area contributed by atoms with Crippen LogP contribution in [0, 0.1) is 0 Å². The molecular weight excluding hydrogens is 278 g/mol. The van der Waals surface area contributed by atoms with E-state index in [1.807, 2.05) is 12.1 Å². The third kappa shape index (κ3) is 4.43. The maximum atomic E-state index is 11.8. The second-order valence-corrected chi connectivity index (χ2v) is 5.53. The summed E-state index contributed by atoms with van der Waals surface area (Å²) in [6.45, 7) is 5.69. The van der Waals surface area contributed by atoms with Crippen LogP contribution in [0.2, 0.25) is 0 Å². The van der Waals surface area contributed by atoms with Crippen LogP contribution in [0.4, 0.5) is 5.95 Å². The van der Waals surface area contributed by atoms with Crippen LogP contribution in [0.25, 0.3) is 11.3 Å². The van der Waals surface area contributed by atoms with Gasteiger partial charge >= 0.3 is 0 Å². The van der Waals surface area contributed by atoms with Crippen molar-refractivity contribution in [3.8, 4) is 11.3 Å². The summed E-state index contributed by atoms with van der Waals surface area (Å²) >= 11 is 0. The van der Waals surface area contributed by atoms with Gasteiger partial charge in [-0.15, -0.1) is 0 Å². The molecule has 2 rings (SSSR count). The van der Waals surface area contributed by atoms with Crippen LogP contribution >= 0.6 is 0 Å². The molecule has 1 heterocycles. The van der Waals surface area contributed by atoms with Crippen molar-refractivity contribution in [2.75, 3.05) is 25.6 Å². The smallest absolute Gasteiger partial charge is 0.252 e. The molecule has 0 amide bonds. The molecule has 0 saturated carbocycles. The molecule has 5 heteroatoms. The summed E-state index contributed by atoms with van der Waals surface area (Å²) in [5, 5.41) is 3.11. The van der Waals surface area contributed by atoms with E-state index >= 15 is 0 Å². The third-order valence-electron chi connectivity index (χ3n) is 3.43. The minimum atomic E-state index is -0.160. The Labute approximate surface area is 130 Å². The van der Waals surface area contributed by atoms with Gasteiger partial charge in [0.05, 0.1) is 5.69 Å². The fraction of sp³-hybridized carbons (Fsp3) is 0.412. The van der Waals surface area contributed by atoms with E-state index in [4.69, 9.17) is 4.74 Å². The zero-order valence-electron chi connectivity index (χ0n) is 13.3. The van der Waals surface area contributed by atoms with Gasteiger partial charge in [-0.1, -0.05) is 38.1 Å². The van der Waals surface area contributed by atoms with Crippen molar-refractivity contribution in [1.29, 1.82) is 0 Å². The summed E-state index contributed by atoms with van der Waals surface area (Å²) < 4.78 is 4.99. The maximum absolute atomic E-state index is 11.8. The number of aromatic nitrogens is 2. The molecule has 1 aromatic heterocycles. The zero-order valence-corrected chi connectivity index (χ0v) is 13.3. The van der Waals surface area contributed by atoms with Crippen molar-refractivity contribution in [3.05, 3.63) is 46.2 Å². The molecule has 0 bridgehead atoms. The quantitative estimate of drug-likeness (QED) is 0.771. The first kappa shape index (κ1) is 16.2. The number of aromatic amines is 1. The molecule has 0 atom stereocenters. The van der Waals surface area contributed by atoms with E-state index in [-0.39, 0.29) is 5.56 Å². The number of H-pyrrole nitrogens is 1. The minimum absolute atomic E-state index is 0.160. The summed E-state index contributed by atoms with van der Waals surface area (Å²) in [6.07, 6.45) is 0.855. The fourth-order valence-electron chi connectivity index (χ4n) is 2.15. The van der Waals surface area contributed by atoms with Crippen LogP contribution in [0.5, 0.6) is 0 Å². The lowest BCUT2D eigenvalue weighted by atomic mass is 10.0. The highest BCUT2D eigenvalue weighted by molar-refractivity contribution is 5.60. The van der Waals surface area contributed by atoms with Crippen molar-refractivity contribution in [3.63, 3.8) is 0 Å². The molecule has 0 unspecified atom stereocenters. The minimum Gasteiger partial charge on any atom is -0.385 e. The monoisotopic (exact) mass is 301 g/mol. The normalized spacial score (nSPS) is 10.9. The average Bonchev–Trinajstić information content (AvgIpc) is 2.51. The number of hydrogen-bond acceptors (Lipinski definition) is 4. The van der Waals surface area contributed by atoms with Crippen LogP contribution in [0.1, 0.15) is 31.7 Å². The van der Waals surface area contributed by atoms with Gasteiger partial charge < -0.3 is 10.1 Å². The molecule has 0 aliphatic carbocycles. The predicted octanol–water partition coefficient (Wildman–Crippen LogP) is 3.01. The molecule has 0 saturated heterocycles. The van der Waals surface area contributed by atoms with E-state index in [9.17, 15) is 4.79 Å². The number of rotatable bonds is 7. The first-order valence-electron chi connectivity index (χ1n) is 7.54. The molecule has 2 aromatic rings. The van der Waals surface area contributed by atoms with Crippen LogP contribution in [-0.2, 0) is 4.74 Å². The van der Waals surface area contributed by atoms with E-state index in [2.05, 4.69) is 41.3 Å². The summed E-state index contributed by atoms with van der Waals surface area (Å²) in [5.41, 5.74) is 2.72. The third-order valence-corrected chi connectivity index (χ3v) is 3.43. The Kier molecular flexibility index (Phi) is 5.72. The number of hydrogen-bond donors (Lipinski definition) is 2. The molecule has 118 valence electrons. The van der Waals surface area contributed by atoms with Gasteiger partial charge in [-0.3, -0.25) is 9.78 Å². The van der Waals surface area contributed by atoms with Crippen molar-refractivity contribution in [2.24, 2.45) is 0 Å². The van der Waals surface area contributed by atoms with E-state index in [1.165, 1.54) is 11.6 Å². The second-order valence-electron chi connectivity index (χ2n) is 5.53. The first-order chi connectivity index (χ1) is 10.6. The van der Waals surface area contributed by atoms with Gasteiger partial charge in [0, 0.05) is 31.9 Å². The molecule has 0 radical (unpaired) electrons. The van der Waals surface area contributed by atoms with Gasteiger partial charge in [-0.05, 0) is 17.9 Å². The van der Waals surface area contributed by atoms with Gasteiger partial charge in [0.1, 0.15) is 0 Å². The second kappa shape index (κ2) is 7.75. The molecule has 2 N–H and O–H groups in total. The SMILES string of the molecule is COCCCNc1nc(-c2ccc(C(C)C)cc2)cc(=O)[nH]1. The topological polar surface area (TPSA) is 67.0 Å². The molecule has 0 spiro atoms. The number of nitrogens with zero attached hydrogens (tertiary/aromatic N) is 1. The molecule has 1 aromatic carbocycles. The van der Waals surface area contributed by atoms with Crippen LogP contribution in [0.15, 0.2) is 35.1 Å². The van der Waals surface area contributed by atoms with E-state index < -0.39 is 0 Å². The Morgan fingerprint density at radius 3 is 2.64 bits per heavy atom. The highest BCUT2D eigenvalue weighted by Gasteiger charge is 2.05. The number of methoxy groups -OCH3 is 1. The van der Waals surface area contributed by atoms with Gasteiger partial charge in [0.2, 0.25) is 5.95 Å². The molecule has 5 nitrogen and oxygen atoms in total. The highest BCUT2D eigenvalue weighted by Crippen LogP contribution is 2.20. The van der Waals surface area contributed by atoms with Crippen LogP contribution in [0.3, 0.4) is 0 Å². The van der Waals surface area contributed by atoms with E-state index in [0.717, 1.165) is 12.0 Å². The fourth-order valence-corrected chi connectivity index (χ4v) is 2.15. The van der Waals surface area contributed by atoms with Crippen molar-refractivity contribution in [2.45, 2.75) is 26.2 Å². The Morgan fingerprint density at radius 2 is 2.00 bits per heavy atom. The summed E-state index contributed by atoms with van der Waals surface area (Å²) in [6, 6.07) is 9.69. The maximum Gasteiger partial charge on any atom is 0.252 e. The highest BCUT2D eigenvalue weighted by atomic mass is 16.5. The number of anilines is 1. The van der Waals surface area contributed by atoms with E-state index in [0.29, 0.717) is 30.7 Å². The largest absolute Gasteiger partial charge is 0.385 e. The van der Waals surface area contributed by atoms with Gasteiger partial charge in [0.15, 0.2) is 0 Å². The molecule has 0 fully saturated rings. The Bertz CT molecular complexity index is 648. The molecule has 0 aliphatic heterocycles. The Hall–Kier alpha value is -2.14. The predicted molar refractivity (Wildman–Crippen MR) is 89.4 cm³/mol. The van der Waals surface area contributed by atoms with Crippen LogP contribution < -0.4 is 10.9 Å². The number of benzene rings is 1. The Morgan fingerprint density at radius 1 is 1.27 bits per heavy atom. The lowest BCUT2D eigenvalue weighted by molar-refractivity contribution is 0.197. The van der Waals surface area contributed by atoms with Gasteiger partial charge in [-0.25, -0.2) is 4.98 Å². The number of nitrogens with one attached hydrogen (secondary N) is 2. The molecule has 22 heavy (non-hydrogen) atoms.